The Labute approximate surface area is 140 Å². The van der Waals surface area contributed by atoms with E-state index in [9.17, 15) is 14.7 Å². The smallest absolute Gasteiger partial charge is 0.289 e. The number of nitrogens with zero attached hydrogens (tertiary/aromatic N) is 2. The quantitative estimate of drug-likeness (QED) is 0.926. The monoisotopic (exact) mass is 330 g/mol. The fraction of sp³-hybridized carbons (Fsp3) is 0.444. The van der Waals surface area contributed by atoms with Gasteiger partial charge in [-0.1, -0.05) is 6.07 Å². The van der Waals surface area contributed by atoms with Crippen LogP contribution in [0.2, 0.25) is 0 Å². The molecular formula is C18H22N2O4. The van der Waals surface area contributed by atoms with Crippen LogP contribution in [0.4, 0.5) is 0 Å². The molecule has 1 aliphatic heterocycles. The SMILES string of the molecule is CC1CCC(CO)CN1C(=O)c1ccc(Cn2ccccc2=O)o1. The van der Waals surface area contributed by atoms with Crippen LogP contribution < -0.4 is 5.56 Å². The lowest BCUT2D eigenvalue weighted by atomic mass is 9.94. The average Bonchev–Trinajstić information content (AvgIpc) is 3.05. The lowest BCUT2D eigenvalue weighted by molar-refractivity contribution is 0.0457. The molecule has 3 heterocycles. The van der Waals surface area contributed by atoms with Crippen molar-refractivity contribution in [1.82, 2.24) is 9.47 Å². The number of pyridine rings is 1. The minimum absolute atomic E-state index is 0.0941. The zero-order valence-electron chi connectivity index (χ0n) is 13.7. The van der Waals surface area contributed by atoms with Crippen LogP contribution in [0.1, 0.15) is 36.1 Å². The Morgan fingerprint density at radius 2 is 2.12 bits per heavy atom. The Kier molecular flexibility index (Phi) is 4.85. The van der Waals surface area contributed by atoms with Gasteiger partial charge < -0.3 is 19.0 Å². The molecule has 2 atom stereocenters. The Balaban J connectivity index is 1.74. The third kappa shape index (κ3) is 3.43. The summed E-state index contributed by atoms with van der Waals surface area (Å²) in [7, 11) is 0. The number of piperidine rings is 1. The van der Waals surface area contributed by atoms with Crippen molar-refractivity contribution in [2.24, 2.45) is 5.92 Å². The number of aromatic nitrogens is 1. The van der Waals surface area contributed by atoms with E-state index in [-0.39, 0.29) is 35.8 Å². The van der Waals surface area contributed by atoms with Gasteiger partial charge >= 0.3 is 0 Å². The molecule has 128 valence electrons. The second-order valence-corrected chi connectivity index (χ2v) is 6.37. The number of likely N-dealkylation sites (tertiary alicyclic amines) is 1. The Hall–Kier alpha value is -2.34. The summed E-state index contributed by atoms with van der Waals surface area (Å²) in [6.45, 7) is 2.95. The van der Waals surface area contributed by atoms with Gasteiger partial charge in [-0.3, -0.25) is 9.59 Å². The van der Waals surface area contributed by atoms with Crippen LogP contribution in [0, 0.1) is 5.92 Å². The lowest BCUT2D eigenvalue weighted by Gasteiger charge is -2.36. The largest absolute Gasteiger partial charge is 0.454 e. The van der Waals surface area contributed by atoms with Gasteiger partial charge in [-0.05, 0) is 43.9 Å². The molecule has 0 saturated carbocycles. The Morgan fingerprint density at radius 1 is 1.29 bits per heavy atom. The molecule has 1 aliphatic rings. The van der Waals surface area contributed by atoms with E-state index in [0.717, 1.165) is 12.8 Å². The van der Waals surface area contributed by atoms with Crippen molar-refractivity contribution in [2.75, 3.05) is 13.2 Å². The van der Waals surface area contributed by atoms with Crippen LogP contribution in [-0.2, 0) is 6.54 Å². The number of carbonyl (C=O) groups is 1. The zero-order valence-corrected chi connectivity index (χ0v) is 13.7. The second-order valence-electron chi connectivity index (χ2n) is 6.37. The lowest BCUT2D eigenvalue weighted by Crippen LogP contribution is -2.46. The molecule has 24 heavy (non-hydrogen) atoms. The van der Waals surface area contributed by atoms with Gasteiger partial charge in [-0.25, -0.2) is 0 Å². The van der Waals surface area contributed by atoms with Gasteiger partial charge in [-0.2, -0.15) is 0 Å². The van der Waals surface area contributed by atoms with Crippen LogP contribution in [0.25, 0.3) is 0 Å². The predicted molar refractivity (Wildman–Crippen MR) is 88.8 cm³/mol. The van der Waals surface area contributed by atoms with E-state index in [1.54, 1.807) is 35.4 Å². The molecule has 1 fully saturated rings. The maximum absolute atomic E-state index is 12.7. The second kappa shape index (κ2) is 7.05. The molecule has 6 nitrogen and oxygen atoms in total. The molecule has 0 aromatic carbocycles. The van der Waals surface area contributed by atoms with Crippen LogP contribution in [0.3, 0.4) is 0 Å². The summed E-state index contributed by atoms with van der Waals surface area (Å²) >= 11 is 0. The van der Waals surface area contributed by atoms with E-state index in [4.69, 9.17) is 4.42 Å². The first-order chi connectivity index (χ1) is 11.6. The summed E-state index contributed by atoms with van der Waals surface area (Å²) in [5.74, 6) is 0.809. The molecule has 2 unspecified atom stereocenters. The van der Waals surface area contributed by atoms with Crippen molar-refractivity contribution in [1.29, 1.82) is 0 Å². The summed E-state index contributed by atoms with van der Waals surface area (Å²) in [6, 6.07) is 8.46. The fourth-order valence-corrected chi connectivity index (χ4v) is 3.09. The molecule has 0 spiro atoms. The number of hydrogen-bond acceptors (Lipinski definition) is 4. The van der Waals surface area contributed by atoms with Gasteiger partial charge in [0.05, 0.1) is 6.54 Å². The van der Waals surface area contributed by atoms with E-state index in [2.05, 4.69) is 0 Å². The Bertz CT molecular complexity index is 764. The van der Waals surface area contributed by atoms with Gasteiger partial charge in [0.2, 0.25) is 0 Å². The molecule has 1 saturated heterocycles. The Morgan fingerprint density at radius 3 is 2.88 bits per heavy atom. The predicted octanol–water partition coefficient (Wildman–Crippen LogP) is 1.72. The molecule has 6 heteroatoms. The highest BCUT2D eigenvalue weighted by molar-refractivity contribution is 5.91. The van der Waals surface area contributed by atoms with Crippen molar-refractivity contribution in [2.45, 2.75) is 32.4 Å². The van der Waals surface area contributed by atoms with Gasteiger partial charge in [0, 0.05) is 31.5 Å². The van der Waals surface area contributed by atoms with Crippen molar-refractivity contribution < 1.29 is 14.3 Å². The third-order valence-corrected chi connectivity index (χ3v) is 4.60. The molecular weight excluding hydrogens is 308 g/mol. The van der Waals surface area contributed by atoms with E-state index in [1.807, 2.05) is 6.92 Å². The van der Waals surface area contributed by atoms with Crippen molar-refractivity contribution in [3.05, 3.63) is 58.4 Å². The van der Waals surface area contributed by atoms with Crippen molar-refractivity contribution in [3.63, 3.8) is 0 Å². The molecule has 0 bridgehead atoms. The number of furan rings is 1. The van der Waals surface area contributed by atoms with Gasteiger partial charge in [0.1, 0.15) is 5.76 Å². The van der Waals surface area contributed by atoms with E-state index >= 15 is 0 Å². The number of aliphatic hydroxyl groups is 1. The van der Waals surface area contributed by atoms with E-state index in [0.29, 0.717) is 18.8 Å². The molecule has 2 aromatic rings. The number of hydrogen-bond donors (Lipinski definition) is 1. The van der Waals surface area contributed by atoms with Crippen LogP contribution >= 0.6 is 0 Å². The molecule has 0 aliphatic carbocycles. The van der Waals surface area contributed by atoms with E-state index < -0.39 is 0 Å². The highest BCUT2D eigenvalue weighted by Crippen LogP contribution is 2.24. The molecule has 3 rings (SSSR count). The highest BCUT2D eigenvalue weighted by Gasteiger charge is 2.30. The minimum atomic E-state index is -0.160. The standard InChI is InChI=1S/C18H22N2O4/c1-13-5-6-14(12-21)10-20(13)18(23)16-8-7-15(24-16)11-19-9-3-2-4-17(19)22/h2-4,7-9,13-14,21H,5-6,10-12H2,1H3. The van der Waals surface area contributed by atoms with Gasteiger partial charge in [0.15, 0.2) is 5.76 Å². The normalized spacial score (nSPS) is 21.0. The summed E-state index contributed by atoms with van der Waals surface area (Å²) in [4.78, 5) is 26.2. The van der Waals surface area contributed by atoms with Gasteiger partial charge in [-0.15, -0.1) is 0 Å². The average molecular weight is 330 g/mol. The first-order valence-electron chi connectivity index (χ1n) is 8.24. The number of amides is 1. The first-order valence-corrected chi connectivity index (χ1v) is 8.24. The highest BCUT2D eigenvalue weighted by atomic mass is 16.4. The maximum atomic E-state index is 12.7. The van der Waals surface area contributed by atoms with Gasteiger partial charge in [0.25, 0.3) is 11.5 Å². The summed E-state index contributed by atoms with van der Waals surface area (Å²) in [5.41, 5.74) is -0.114. The summed E-state index contributed by atoms with van der Waals surface area (Å²) in [6.07, 6.45) is 3.50. The number of aliphatic hydroxyl groups excluding tert-OH is 1. The topological polar surface area (TPSA) is 75.7 Å². The van der Waals surface area contributed by atoms with Crippen LogP contribution in [0.5, 0.6) is 0 Å². The maximum Gasteiger partial charge on any atom is 0.289 e. The van der Waals surface area contributed by atoms with Crippen LogP contribution in [-0.4, -0.2) is 39.7 Å². The molecule has 2 aromatic heterocycles. The zero-order chi connectivity index (χ0) is 17.1. The fourth-order valence-electron chi connectivity index (χ4n) is 3.09. The molecule has 1 N–H and O–H groups in total. The third-order valence-electron chi connectivity index (χ3n) is 4.60. The minimum Gasteiger partial charge on any atom is -0.454 e. The summed E-state index contributed by atoms with van der Waals surface area (Å²) in [5, 5.41) is 9.35. The van der Waals surface area contributed by atoms with Crippen LogP contribution in [0.15, 0.2) is 45.7 Å². The van der Waals surface area contributed by atoms with Crippen molar-refractivity contribution in [3.8, 4) is 0 Å². The number of carbonyl (C=O) groups excluding carboxylic acids is 1. The number of rotatable bonds is 4. The van der Waals surface area contributed by atoms with Crippen molar-refractivity contribution >= 4 is 5.91 Å². The first kappa shape index (κ1) is 16.5. The molecule has 0 radical (unpaired) electrons. The van der Waals surface area contributed by atoms with E-state index in [1.165, 1.54) is 10.6 Å². The summed E-state index contributed by atoms with van der Waals surface area (Å²) < 4.78 is 7.19. The molecule has 1 amide bonds.